The lowest BCUT2D eigenvalue weighted by atomic mass is 10.0. The van der Waals surface area contributed by atoms with Gasteiger partial charge in [-0.25, -0.2) is 0 Å². The van der Waals surface area contributed by atoms with Gasteiger partial charge < -0.3 is 4.52 Å². The van der Waals surface area contributed by atoms with Crippen molar-refractivity contribution < 1.29 is 17.7 Å². The van der Waals surface area contributed by atoms with Crippen LogP contribution in [-0.4, -0.2) is 23.3 Å². The number of halogens is 3. The molecule has 0 unspecified atom stereocenters. The highest BCUT2D eigenvalue weighted by Crippen LogP contribution is 2.37. The van der Waals surface area contributed by atoms with Crippen LogP contribution in [0.4, 0.5) is 13.2 Å². The van der Waals surface area contributed by atoms with Crippen molar-refractivity contribution in [1.29, 1.82) is 0 Å². The topological polar surface area (TPSA) is 29.3 Å². The molecule has 1 heterocycles. The van der Waals surface area contributed by atoms with Crippen LogP contribution < -0.4 is 0 Å². The van der Waals surface area contributed by atoms with Gasteiger partial charge in [0.05, 0.1) is 5.69 Å². The second kappa shape index (κ2) is 5.89. The van der Waals surface area contributed by atoms with Gasteiger partial charge in [-0.2, -0.15) is 13.2 Å². The summed E-state index contributed by atoms with van der Waals surface area (Å²) in [6.07, 6.45) is -4.35. The van der Waals surface area contributed by atoms with Gasteiger partial charge in [-0.1, -0.05) is 35.5 Å². The zero-order valence-electron chi connectivity index (χ0n) is 12.1. The largest absolute Gasteiger partial charge is 0.408 e. The summed E-state index contributed by atoms with van der Waals surface area (Å²) >= 11 is 0. The summed E-state index contributed by atoms with van der Waals surface area (Å²) in [4.78, 5) is 1.27. The number of rotatable bonds is 4. The van der Waals surface area contributed by atoms with Crippen LogP contribution in [-0.2, 0) is 6.54 Å². The summed E-state index contributed by atoms with van der Waals surface area (Å²) in [7, 11) is 1.46. The first-order valence-electron chi connectivity index (χ1n) is 6.54. The molecule has 21 heavy (non-hydrogen) atoms. The first-order chi connectivity index (χ1) is 9.80. The highest BCUT2D eigenvalue weighted by molar-refractivity contribution is 5.23. The molecule has 0 radical (unpaired) electrons. The molecule has 2 aromatic rings. The van der Waals surface area contributed by atoms with Gasteiger partial charge >= 0.3 is 6.18 Å². The van der Waals surface area contributed by atoms with Gasteiger partial charge in [-0.15, -0.1) is 0 Å². The lowest BCUT2D eigenvalue weighted by Crippen LogP contribution is -2.35. The van der Waals surface area contributed by atoms with Gasteiger partial charge in [0.25, 0.3) is 0 Å². The minimum absolute atomic E-state index is 0.125. The number of aryl methyl sites for hydroxylation is 2. The third kappa shape index (κ3) is 3.44. The SMILES string of the molecule is Cc1noc(C)c1CN(C)[C@@H](c1ccccc1)C(F)(F)F. The van der Waals surface area contributed by atoms with Crippen LogP contribution in [0.15, 0.2) is 34.9 Å². The number of hydrogen-bond acceptors (Lipinski definition) is 3. The first-order valence-corrected chi connectivity index (χ1v) is 6.54. The van der Waals surface area contributed by atoms with E-state index in [1.165, 1.54) is 24.1 Å². The third-order valence-electron chi connectivity index (χ3n) is 3.45. The second-order valence-corrected chi connectivity index (χ2v) is 5.07. The lowest BCUT2D eigenvalue weighted by Gasteiger charge is -2.30. The van der Waals surface area contributed by atoms with Crippen LogP contribution in [0.1, 0.15) is 28.6 Å². The molecule has 1 aromatic heterocycles. The number of alkyl halides is 3. The van der Waals surface area contributed by atoms with Crippen molar-refractivity contribution in [2.45, 2.75) is 32.6 Å². The average Bonchev–Trinajstić information content (AvgIpc) is 2.70. The first kappa shape index (κ1) is 15.6. The fraction of sp³-hybridized carbons (Fsp3) is 0.400. The van der Waals surface area contributed by atoms with Gasteiger partial charge in [-0.3, -0.25) is 4.90 Å². The van der Waals surface area contributed by atoms with E-state index in [-0.39, 0.29) is 12.1 Å². The fourth-order valence-electron chi connectivity index (χ4n) is 2.40. The van der Waals surface area contributed by atoms with Crippen molar-refractivity contribution in [3.8, 4) is 0 Å². The molecule has 0 N–H and O–H groups in total. The Kier molecular flexibility index (Phi) is 4.37. The van der Waals surface area contributed by atoms with Crippen molar-refractivity contribution in [3.63, 3.8) is 0 Å². The summed E-state index contributed by atoms with van der Waals surface area (Å²) in [5.41, 5.74) is 1.54. The summed E-state index contributed by atoms with van der Waals surface area (Å²) in [5.74, 6) is 0.549. The van der Waals surface area contributed by atoms with Crippen LogP contribution in [0, 0.1) is 13.8 Å². The van der Waals surface area contributed by atoms with Gasteiger partial charge in [-0.05, 0) is 26.5 Å². The Balaban J connectivity index is 2.30. The van der Waals surface area contributed by atoms with E-state index in [0.29, 0.717) is 17.0 Å². The van der Waals surface area contributed by atoms with Crippen molar-refractivity contribution in [2.75, 3.05) is 7.05 Å². The van der Waals surface area contributed by atoms with Crippen molar-refractivity contribution in [1.82, 2.24) is 10.1 Å². The Labute approximate surface area is 121 Å². The number of benzene rings is 1. The molecule has 0 aliphatic rings. The van der Waals surface area contributed by atoms with Crippen LogP contribution in [0.25, 0.3) is 0 Å². The molecule has 0 aliphatic carbocycles. The molecule has 0 saturated heterocycles. The van der Waals surface area contributed by atoms with Crippen molar-refractivity contribution in [3.05, 3.63) is 52.9 Å². The molecule has 0 amide bonds. The molecule has 1 atom stereocenters. The fourth-order valence-corrected chi connectivity index (χ4v) is 2.40. The van der Waals surface area contributed by atoms with Crippen molar-refractivity contribution in [2.24, 2.45) is 0 Å². The van der Waals surface area contributed by atoms with E-state index in [1.807, 2.05) is 0 Å². The van der Waals surface area contributed by atoms with Crippen LogP contribution >= 0.6 is 0 Å². The third-order valence-corrected chi connectivity index (χ3v) is 3.45. The normalized spacial score (nSPS) is 13.7. The molecule has 2 rings (SSSR count). The maximum Gasteiger partial charge on any atom is 0.408 e. The molecule has 0 aliphatic heterocycles. The number of nitrogens with zero attached hydrogens (tertiary/aromatic N) is 2. The smallest absolute Gasteiger partial charge is 0.361 e. The molecule has 114 valence electrons. The van der Waals surface area contributed by atoms with E-state index in [0.717, 1.165) is 0 Å². The Morgan fingerprint density at radius 1 is 1.19 bits per heavy atom. The molecular formula is C15H17F3N2O. The molecule has 0 spiro atoms. The minimum Gasteiger partial charge on any atom is -0.361 e. The maximum absolute atomic E-state index is 13.4. The summed E-state index contributed by atoms with van der Waals surface area (Å²) in [6.45, 7) is 3.55. The van der Waals surface area contributed by atoms with Gasteiger partial charge in [0.1, 0.15) is 11.8 Å². The molecular weight excluding hydrogens is 281 g/mol. The van der Waals surface area contributed by atoms with Crippen molar-refractivity contribution >= 4 is 0 Å². The van der Waals surface area contributed by atoms with E-state index < -0.39 is 12.2 Å². The quantitative estimate of drug-likeness (QED) is 0.853. The molecule has 6 heteroatoms. The predicted octanol–water partition coefficient (Wildman–Crippen LogP) is 4.03. The zero-order chi connectivity index (χ0) is 15.6. The molecule has 3 nitrogen and oxygen atoms in total. The summed E-state index contributed by atoms with van der Waals surface area (Å²) in [6, 6.07) is 6.23. The summed E-state index contributed by atoms with van der Waals surface area (Å²) < 4.78 is 45.2. The second-order valence-electron chi connectivity index (χ2n) is 5.07. The Morgan fingerprint density at radius 2 is 1.81 bits per heavy atom. The Hall–Kier alpha value is -1.82. The van der Waals surface area contributed by atoms with E-state index in [4.69, 9.17) is 4.52 Å². The maximum atomic E-state index is 13.4. The van der Waals surface area contributed by atoms with Crippen LogP contribution in [0.3, 0.4) is 0 Å². The standard InChI is InChI=1S/C15H17F3N2O/c1-10-13(11(2)21-19-10)9-20(3)14(15(16,17)18)12-7-5-4-6-8-12/h4-8,14H,9H2,1-3H3/t14-/m0/s1. The Morgan fingerprint density at radius 3 is 2.29 bits per heavy atom. The van der Waals surface area contributed by atoms with E-state index in [2.05, 4.69) is 5.16 Å². The Bertz CT molecular complexity index is 573. The number of aromatic nitrogens is 1. The average molecular weight is 298 g/mol. The van der Waals surface area contributed by atoms with E-state index in [1.54, 1.807) is 32.0 Å². The van der Waals surface area contributed by atoms with Crippen LogP contribution in [0.2, 0.25) is 0 Å². The summed E-state index contributed by atoms with van der Waals surface area (Å²) in [5, 5.41) is 3.78. The molecule has 0 saturated carbocycles. The van der Waals surface area contributed by atoms with Gasteiger partial charge in [0.15, 0.2) is 0 Å². The van der Waals surface area contributed by atoms with E-state index in [9.17, 15) is 13.2 Å². The molecule has 0 fully saturated rings. The minimum atomic E-state index is -4.35. The highest BCUT2D eigenvalue weighted by atomic mass is 19.4. The van der Waals surface area contributed by atoms with Gasteiger partial charge in [0, 0.05) is 12.1 Å². The molecule has 1 aromatic carbocycles. The highest BCUT2D eigenvalue weighted by Gasteiger charge is 2.43. The number of hydrogen-bond donors (Lipinski definition) is 0. The predicted molar refractivity (Wildman–Crippen MR) is 72.7 cm³/mol. The van der Waals surface area contributed by atoms with Crippen LogP contribution in [0.5, 0.6) is 0 Å². The van der Waals surface area contributed by atoms with Gasteiger partial charge in [0.2, 0.25) is 0 Å². The van der Waals surface area contributed by atoms with E-state index >= 15 is 0 Å². The zero-order valence-corrected chi connectivity index (χ0v) is 12.1. The monoisotopic (exact) mass is 298 g/mol. The lowest BCUT2D eigenvalue weighted by molar-refractivity contribution is -0.184. The molecule has 0 bridgehead atoms.